The zero-order valence-electron chi connectivity index (χ0n) is 15.6. The topological polar surface area (TPSA) is 67.6 Å². The molecule has 2 heterocycles. The number of hydrogen-bond acceptors (Lipinski definition) is 4. The fourth-order valence-corrected chi connectivity index (χ4v) is 2.74. The Hall–Kier alpha value is -1.63. The molecule has 0 aliphatic carbocycles. The highest BCUT2D eigenvalue weighted by atomic mass is 16.5. The van der Waals surface area contributed by atoms with Gasteiger partial charge in [-0.05, 0) is 39.0 Å². The molecule has 2 rings (SSSR count). The molecule has 1 aromatic rings. The van der Waals surface area contributed by atoms with Crippen molar-refractivity contribution in [2.75, 3.05) is 32.8 Å². The highest BCUT2D eigenvalue weighted by Crippen LogP contribution is 2.16. The maximum Gasteiger partial charge on any atom is 0.194 e. The molecule has 0 radical (unpaired) electrons. The van der Waals surface area contributed by atoms with E-state index in [9.17, 15) is 0 Å². The minimum Gasteiger partial charge on any atom is -0.382 e. The van der Waals surface area contributed by atoms with Gasteiger partial charge in [-0.1, -0.05) is 6.92 Å². The summed E-state index contributed by atoms with van der Waals surface area (Å²) < 4.78 is 7.40. The third kappa shape index (κ3) is 5.47. The van der Waals surface area contributed by atoms with Crippen LogP contribution in [0.1, 0.15) is 44.8 Å². The number of nitrogens with one attached hydrogen (secondary N) is 1. The Labute approximate surface area is 145 Å². The molecule has 136 valence electrons. The Morgan fingerprint density at radius 2 is 2.08 bits per heavy atom. The summed E-state index contributed by atoms with van der Waals surface area (Å²) in [5.41, 5.74) is 0. The van der Waals surface area contributed by atoms with Crippen molar-refractivity contribution in [3.8, 4) is 0 Å². The molecule has 1 aromatic heterocycles. The van der Waals surface area contributed by atoms with Crippen LogP contribution in [-0.4, -0.2) is 58.5 Å². The highest BCUT2D eigenvalue weighted by Gasteiger charge is 2.19. The molecular formula is C17H32N6O. The van der Waals surface area contributed by atoms with Gasteiger partial charge in [0.1, 0.15) is 12.4 Å². The molecule has 0 unspecified atom stereocenters. The number of likely N-dealkylation sites (tertiary alicyclic amines) is 1. The summed E-state index contributed by atoms with van der Waals surface area (Å²) in [5.74, 6) is 3.60. The van der Waals surface area contributed by atoms with Gasteiger partial charge in [0.15, 0.2) is 11.8 Å². The van der Waals surface area contributed by atoms with Crippen LogP contribution in [0.4, 0.5) is 0 Å². The van der Waals surface area contributed by atoms with Crippen LogP contribution < -0.4 is 5.32 Å². The molecule has 1 aliphatic heterocycles. The second-order valence-corrected chi connectivity index (χ2v) is 6.51. The fourth-order valence-electron chi connectivity index (χ4n) is 2.74. The average molecular weight is 336 g/mol. The van der Waals surface area contributed by atoms with Crippen LogP contribution >= 0.6 is 0 Å². The summed E-state index contributed by atoms with van der Waals surface area (Å²) >= 11 is 0. The summed E-state index contributed by atoms with van der Waals surface area (Å²) in [7, 11) is 1.98. The quantitative estimate of drug-likeness (QED) is 0.466. The Morgan fingerprint density at radius 1 is 1.33 bits per heavy atom. The summed E-state index contributed by atoms with van der Waals surface area (Å²) in [4.78, 5) is 7.17. The van der Waals surface area contributed by atoms with Crippen LogP contribution in [0.2, 0.25) is 0 Å². The molecule has 0 atom stereocenters. The maximum atomic E-state index is 5.41. The van der Waals surface area contributed by atoms with E-state index in [1.54, 1.807) is 0 Å². The predicted molar refractivity (Wildman–Crippen MR) is 96.0 cm³/mol. The van der Waals surface area contributed by atoms with Crippen molar-refractivity contribution in [2.24, 2.45) is 18.0 Å². The number of aliphatic imine (C=N–C) groups is 1. The highest BCUT2D eigenvalue weighted by molar-refractivity contribution is 5.80. The minimum absolute atomic E-state index is 0.553. The van der Waals surface area contributed by atoms with E-state index in [1.807, 2.05) is 25.5 Å². The van der Waals surface area contributed by atoms with Crippen molar-refractivity contribution in [3.05, 3.63) is 11.6 Å². The summed E-state index contributed by atoms with van der Waals surface area (Å²) in [6, 6.07) is 0. The average Bonchev–Trinajstić information content (AvgIpc) is 2.90. The van der Waals surface area contributed by atoms with Crippen molar-refractivity contribution in [1.82, 2.24) is 25.0 Å². The van der Waals surface area contributed by atoms with Crippen molar-refractivity contribution in [2.45, 2.75) is 46.6 Å². The van der Waals surface area contributed by atoms with E-state index < -0.39 is 0 Å². The number of guanidine groups is 1. The molecule has 1 fully saturated rings. The molecule has 1 saturated heterocycles. The number of hydrogen-bond donors (Lipinski definition) is 1. The predicted octanol–water partition coefficient (Wildman–Crippen LogP) is 1.73. The SMILES string of the molecule is CCOCCCNC(=NCc1nnc(C)n1C)N1CCC(C)CC1. The second kappa shape index (κ2) is 9.61. The van der Waals surface area contributed by atoms with Gasteiger partial charge in [0.2, 0.25) is 0 Å². The van der Waals surface area contributed by atoms with Crippen molar-refractivity contribution >= 4 is 5.96 Å². The molecule has 0 aromatic carbocycles. The van der Waals surface area contributed by atoms with Gasteiger partial charge < -0.3 is 19.5 Å². The van der Waals surface area contributed by atoms with E-state index in [4.69, 9.17) is 9.73 Å². The van der Waals surface area contributed by atoms with E-state index in [2.05, 4.69) is 27.3 Å². The zero-order valence-corrected chi connectivity index (χ0v) is 15.6. The molecular weight excluding hydrogens is 304 g/mol. The van der Waals surface area contributed by atoms with Crippen LogP contribution in [0, 0.1) is 12.8 Å². The number of rotatable bonds is 7. The number of aryl methyl sites for hydroxylation is 1. The molecule has 7 nitrogen and oxygen atoms in total. The monoisotopic (exact) mass is 336 g/mol. The van der Waals surface area contributed by atoms with E-state index in [1.165, 1.54) is 12.8 Å². The van der Waals surface area contributed by atoms with Crippen LogP contribution in [0.25, 0.3) is 0 Å². The molecule has 0 bridgehead atoms. The lowest BCUT2D eigenvalue weighted by atomic mass is 10.00. The first-order valence-corrected chi connectivity index (χ1v) is 9.07. The number of ether oxygens (including phenoxy) is 1. The minimum atomic E-state index is 0.553. The van der Waals surface area contributed by atoms with Gasteiger partial charge in [0.05, 0.1) is 0 Å². The first kappa shape index (κ1) is 18.7. The third-order valence-electron chi connectivity index (χ3n) is 4.59. The number of aromatic nitrogens is 3. The van der Waals surface area contributed by atoms with Gasteiger partial charge in [-0.15, -0.1) is 10.2 Å². The Balaban J connectivity index is 1.95. The summed E-state index contributed by atoms with van der Waals surface area (Å²) in [6.45, 7) is 11.4. The van der Waals surface area contributed by atoms with E-state index in [0.29, 0.717) is 6.54 Å². The van der Waals surface area contributed by atoms with Crippen LogP contribution in [0.3, 0.4) is 0 Å². The lowest BCUT2D eigenvalue weighted by Gasteiger charge is -2.33. The van der Waals surface area contributed by atoms with Gasteiger partial charge >= 0.3 is 0 Å². The van der Waals surface area contributed by atoms with Gasteiger partial charge in [-0.25, -0.2) is 4.99 Å². The van der Waals surface area contributed by atoms with E-state index in [0.717, 1.165) is 62.8 Å². The van der Waals surface area contributed by atoms with Crippen molar-refractivity contribution < 1.29 is 4.74 Å². The molecule has 0 amide bonds. The first-order chi connectivity index (χ1) is 11.6. The standard InChI is InChI=1S/C17H32N6O/c1-5-24-12-6-9-18-17(23-10-7-14(2)8-11-23)19-13-16-21-20-15(3)22(16)4/h14H,5-13H2,1-4H3,(H,18,19). The molecule has 1 N–H and O–H groups in total. The van der Waals surface area contributed by atoms with Crippen molar-refractivity contribution in [1.29, 1.82) is 0 Å². The zero-order chi connectivity index (χ0) is 17.4. The lowest BCUT2D eigenvalue weighted by Crippen LogP contribution is -2.45. The van der Waals surface area contributed by atoms with Gasteiger partial charge in [-0.2, -0.15) is 0 Å². The van der Waals surface area contributed by atoms with Crippen molar-refractivity contribution in [3.63, 3.8) is 0 Å². The Kier molecular flexibility index (Phi) is 7.49. The van der Waals surface area contributed by atoms with Gasteiger partial charge in [0.25, 0.3) is 0 Å². The maximum absolute atomic E-state index is 5.41. The summed E-state index contributed by atoms with van der Waals surface area (Å²) in [6.07, 6.45) is 3.44. The Bertz CT molecular complexity index is 519. The Morgan fingerprint density at radius 3 is 2.71 bits per heavy atom. The van der Waals surface area contributed by atoms with Gasteiger partial charge in [-0.3, -0.25) is 0 Å². The number of piperidine rings is 1. The van der Waals surface area contributed by atoms with Crippen LogP contribution in [0.5, 0.6) is 0 Å². The number of nitrogens with zero attached hydrogens (tertiary/aromatic N) is 5. The molecule has 7 heteroatoms. The van der Waals surface area contributed by atoms with Crippen LogP contribution in [0.15, 0.2) is 4.99 Å². The molecule has 1 aliphatic rings. The lowest BCUT2D eigenvalue weighted by molar-refractivity contribution is 0.145. The van der Waals surface area contributed by atoms with E-state index >= 15 is 0 Å². The smallest absolute Gasteiger partial charge is 0.194 e. The van der Waals surface area contributed by atoms with Gasteiger partial charge in [0, 0.05) is 39.9 Å². The third-order valence-corrected chi connectivity index (χ3v) is 4.59. The second-order valence-electron chi connectivity index (χ2n) is 6.51. The largest absolute Gasteiger partial charge is 0.382 e. The van der Waals surface area contributed by atoms with E-state index in [-0.39, 0.29) is 0 Å². The normalized spacial score (nSPS) is 16.7. The molecule has 0 spiro atoms. The first-order valence-electron chi connectivity index (χ1n) is 9.07. The molecule has 24 heavy (non-hydrogen) atoms. The van der Waals surface area contributed by atoms with Crippen LogP contribution in [-0.2, 0) is 18.3 Å². The fraction of sp³-hybridized carbons (Fsp3) is 0.824. The molecule has 0 saturated carbocycles. The summed E-state index contributed by atoms with van der Waals surface area (Å²) in [5, 5.41) is 11.8.